The number of amides is 2. The van der Waals surface area contributed by atoms with Crippen molar-refractivity contribution >= 4 is 28.8 Å². The Balaban J connectivity index is 1.31. The summed E-state index contributed by atoms with van der Waals surface area (Å²) in [6.45, 7) is 4.08. The van der Waals surface area contributed by atoms with Crippen LogP contribution in [0.4, 0.5) is 0 Å². The Bertz CT molecular complexity index is 1690. The van der Waals surface area contributed by atoms with Gasteiger partial charge in [-0.1, -0.05) is 24.3 Å². The van der Waals surface area contributed by atoms with Crippen LogP contribution in [0.15, 0.2) is 73.2 Å². The van der Waals surface area contributed by atoms with E-state index < -0.39 is 29.9 Å². The van der Waals surface area contributed by atoms with E-state index in [4.69, 9.17) is 0 Å². The zero-order valence-corrected chi connectivity index (χ0v) is 23.0. The van der Waals surface area contributed by atoms with Crippen LogP contribution < -0.4 is 10.6 Å². The first kappa shape index (κ1) is 28.1. The number of hydrogen-bond acceptors (Lipinski definition) is 6. The molecular weight excluding hydrogens is 536 g/mol. The van der Waals surface area contributed by atoms with E-state index in [1.165, 1.54) is 24.7 Å². The minimum absolute atomic E-state index is 0.00549. The summed E-state index contributed by atoms with van der Waals surface area (Å²) in [7, 11) is 0. The summed E-state index contributed by atoms with van der Waals surface area (Å²) in [6, 6.07) is 14.6. The highest BCUT2D eigenvalue weighted by Gasteiger charge is 2.28. The number of H-pyrrole nitrogens is 2. The van der Waals surface area contributed by atoms with E-state index in [1.807, 2.05) is 26.0 Å². The van der Waals surface area contributed by atoms with E-state index in [2.05, 4.69) is 30.6 Å². The molecule has 42 heavy (non-hydrogen) atoms. The highest BCUT2D eigenvalue weighted by Crippen LogP contribution is 2.23. The van der Waals surface area contributed by atoms with Gasteiger partial charge in [0.15, 0.2) is 0 Å². The molecule has 5 aromatic rings. The van der Waals surface area contributed by atoms with Gasteiger partial charge in [-0.2, -0.15) is 0 Å². The summed E-state index contributed by atoms with van der Waals surface area (Å²) in [6.07, 6.45) is 3.05. The number of rotatable bonds is 10. The lowest BCUT2D eigenvalue weighted by Gasteiger charge is -2.21. The van der Waals surface area contributed by atoms with Crippen molar-refractivity contribution in [3.8, 4) is 17.1 Å². The average Bonchev–Trinajstić information content (AvgIpc) is 3.63. The van der Waals surface area contributed by atoms with E-state index in [9.17, 15) is 24.6 Å². The van der Waals surface area contributed by atoms with Crippen molar-refractivity contribution in [2.45, 2.75) is 38.8 Å². The number of phenols is 1. The molecule has 0 fully saturated rings. The molecular formula is C31H30N6O5. The Morgan fingerprint density at radius 3 is 2.29 bits per heavy atom. The number of carbonyl (C=O) groups excluding carboxylic acids is 2. The van der Waals surface area contributed by atoms with Crippen LogP contribution >= 0.6 is 0 Å². The molecule has 6 N–H and O–H groups in total. The Hall–Kier alpha value is -5.45. The number of hydrogen-bond donors (Lipinski definition) is 6. The fraction of sp³-hybridized carbons (Fsp3) is 0.194. The predicted molar refractivity (Wildman–Crippen MR) is 156 cm³/mol. The molecule has 11 nitrogen and oxygen atoms in total. The van der Waals surface area contributed by atoms with E-state index in [0.717, 1.165) is 27.7 Å². The number of aromatic amines is 2. The Labute approximate surface area is 241 Å². The van der Waals surface area contributed by atoms with E-state index in [0.29, 0.717) is 22.6 Å². The number of carboxylic acids is 1. The Morgan fingerprint density at radius 2 is 1.62 bits per heavy atom. The summed E-state index contributed by atoms with van der Waals surface area (Å²) in [5.74, 6) is -1.66. The second-order valence-electron chi connectivity index (χ2n) is 10.2. The number of carboxylic acid groups (broad SMARTS) is 1. The lowest BCUT2D eigenvalue weighted by Crippen LogP contribution is -2.53. The van der Waals surface area contributed by atoms with Gasteiger partial charge in [0, 0.05) is 35.9 Å². The first-order valence-electron chi connectivity index (χ1n) is 13.3. The number of aryl methyl sites for hydroxylation is 2. The van der Waals surface area contributed by atoms with Crippen LogP contribution in [0.25, 0.3) is 22.4 Å². The summed E-state index contributed by atoms with van der Waals surface area (Å²) in [5, 5.41) is 24.5. The van der Waals surface area contributed by atoms with Gasteiger partial charge in [-0.25, -0.2) is 14.8 Å². The summed E-state index contributed by atoms with van der Waals surface area (Å²) < 4.78 is 0. The van der Waals surface area contributed by atoms with Gasteiger partial charge in [0.05, 0.1) is 17.4 Å². The number of fused-ring (bicyclic) bond motifs is 1. The molecule has 0 unspecified atom stereocenters. The van der Waals surface area contributed by atoms with Crippen molar-refractivity contribution in [3.05, 3.63) is 101 Å². The third kappa shape index (κ3) is 6.47. The van der Waals surface area contributed by atoms with Crippen LogP contribution in [0.2, 0.25) is 0 Å². The number of imidazole rings is 2. The normalized spacial score (nSPS) is 12.5. The minimum Gasteiger partial charge on any atom is -0.508 e. The first-order chi connectivity index (χ1) is 20.2. The molecule has 0 aliphatic heterocycles. The quantitative estimate of drug-likeness (QED) is 0.150. The molecule has 214 valence electrons. The van der Waals surface area contributed by atoms with Crippen LogP contribution in [-0.2, 0) is 22.4 Å². The highest BCUT2D eigenvalue weighted by molar-refractivity contribution is 5.98. The molecule has 2 atom stereocenters. The molecule has 5 rings (SSSR count). The van der Waals surface area contributed by atoms with E-state index >= 15 is 0 Å². The van der Waals surface area contributed by atoms with Crippen molar-refractivity contribution in [2.75, 3.05) is 0 Å². The molecule has 2 aromatic heterocycles. The fourth-order valence-electron chi connectivity index (χ4n) is 4.59. The second-order valence-corrected chi connectivity index (χ2v) is 10.2. The third-order valence-corrected chi connectivity index (χ3v) is 7.11. The molecule has 0 saturated carbocycles. The third-order valence-electron chi connectivity index (χ3n) is 7.11. The van der Waals surface area contributed by atoms with Crippen molar-refractivity contribution in [1.82, 2.24) is 30.6 Å². The number of phenolic OH excluding ortho intramolecular Hbond substituents is 1. The van der Waals surface area contributed by atoms with Crippen LogP contribution in [0.5, 0.6) is 5.75 Å². The molecule has 2 heterocycles. The van der Waals surface area contributed by atoms with Crippen LogP contribution in [0.3, 0.4) is 0 Å². The molecule has 0 aliphatic carbocycles. The number of aromatic hydroxyl groups is 1. The largest absolute Gasteiger partial charge is 0.508 e. The molecule has 0 aliphatic rings. The molecule has 0 spiro atoms. The van der Waals surface area contributed by atoms with Crippen molar-refractivity contribution in [3.63, 3.8) is 0 Å². The standard InChI is InChI=1S/C31H30N6O5/c1-17-11-24-25(12-18(17)2)35-28(34-24)20-5-7-21(8-6-20)29(39)36-26(14-22-15-32-16-33-22)30(40)37-27(31(41)42)13-19-3-9-23(38)10-4-19/h3-12,15-16,26-27,38H,13-14H2,1-2H3,(H,32,33)(H,34,35)(H,36,39)(H,37,40)(H,41,42)/t26-,27-/m0/s1. The fourth-order valence-corrected chi connectivity index (χ4v) is 4.59. The number of nitrogens with zero attached hydrogens (tertiary/aromatic N) is 2. The van der Waals surface area contributed by atoms with Gasteiger partial charge in [-0.15, -0.1) is 0 Å². The van der Waals surface area contributed by atoms with Gasteiger partial charge in [0.25, 0.3) is 5.91 Å². The molecule has 0 saturated heterocycles. The molecule has 0 bridgehead atoms. The molecule has 3 aromatic carbocycles. The molecule has 0 radical (unpaired) electrons. The summed E-state index contributed by atoms with van der Waals surface area (Å²) in [5.41, 5.74) is 6.41. The van der Waals surface area contributed by atoms with Crippen molar-refractivity contribution in [1.29, 1.82) is 0 Å². The lowest BCUT2D eigenvalue weighted by molar-refractivity contribution is -0.142. The predicted octanol–water partition coefficient (Wildman–Crippen LogP) is 3.43. The van der Waals surface area contributed by atoms with Crippen LogP contribution in [-0.4, -0.2) is 60.0 Å². The topological polar surface area (TPSA) is 173 Å². The maximum atomic E-state index is 13.3. The number of aromatic nitrogens is 4. The maximum absolute atomic E-state index is 13.3. The number of nitrogens with one attached hydrogen (secondary N) is 4. The van der Waals surface area contributed by atoms with Gasteiger partial charge in [-0.3, -0.25) is 9.59 Å². The summed E-state index contributed by atoms with van der Waals surface area (Å²) in [4.78, 5) is 53.3. The molecule has 2 amide bonds. The van der Waals surface area contributed by atoms with Crippen LogP contribution in [0.1, 0.15) is 32.7 Å². The van der Waals surface area contributed by atoms with Gasteiger partial charge in [0.1, 0.15) is 23.7 Å². The summed E-state index contributed by atoms with van der Waals surface area (Å²) >= 11 is 0. The van der Waals surface area contributed by atoms with Crippen LogP contribution in [0, 0.1) is 13.8 Å². The average molecular weight is 567 g/mol. The number of aliphatic carboxylic acids is 1. The lowest BCUT2D eigenvalue weighted by atomic mass is 10.0. The maximum Gasteiger partial charge on any atom is 0.326 e. The first-order valence-corrected chi connectivity index (χ1v) is 13.3. The van der Waals surface area contributed by atoms with Crippen molar-refractivity contribution < 1.29 is 24.6 Å². The van der Waals surface area contributed by atoms with Crippen molar-refractivity contribution in [2.24, 2.45) is 0 Å². The van der Waals surface area contributed by atoms with Gasteiger partial charge in [-0.05, 0) is 66.9 Å². The second kappa shape index (κ2) is 12.0. The zero-order chi connectivity index (χ0) is 29.8. The molecule has 11 heteroatoms. The Morgan fingerprint density at radius 1 is 0.905 bits per heavy atom. The zero-order valence-electron chi connectivity index (χ0n) is 23.0. The monoisotopic (exact) mass is 566 g/mol. The van der Waals surface area contributed by atoms with E-state index in [-0.39, 0.29) is 18.6 Å². The number of carbonyl (C=O) groups is 3. The van der Waals surface area contributed by atoms with Gasteiger partial charge < -0.3 is 30.8 Å². The highest BCUT2D eigenvalue weighted by atomic mass is 16.4. The van der Waals surface area contributed by atoms with E-state index in [1.54, 1.807) is 36.4 Å². The Kier molecular flexibility index (Phi) is 8.00. The van der Waals surface area contributed by atoms with Gasteiger partial charge in [0.2, 0.25) is 5.91 Å². The smallest absolute Gasteiger partial charge is 0.326 e. The minimum atomic E-state index is -1.25. The van der Waals surface area contributed by atoms with Gasteiger partial charge >= 0.3 is 5.97 Å². The number of benzene rings is 3. The SMILES string of the molecule is Cc1cc2nc(-c3ccc(C(=O)N[C@@H](Cc4cnc[nH]4)C(=O)N[C@@H](Cc4ccc(O)cc4)C(=O)O)cc3)[nH]c2cc1C.